The van der Waals surface area contributed by atoms with Crippen molar-refractivity contribution in [1.29, 1.82) is 0 Å². The van der Waals surface area contributed by atoms with Crippen LogP contribution in [0.4, 0.5) is 11.4 Å². The first-order valence-electron chi connectivity index (χ1n) is 6.44. The molecule has 1 aromatic carbocycles. The minimum atomic E-state index is -0.418. The lowest BCUT2D eigenvalue weighted by Crippen LogP contribution is -2.00. The van der Waals surface area contributed by atoms with Gasteiger partial charge in [-0.3, -0.25) is 15.1 Å². The van der Waals surface area contributed by atoms with Gasteiger partial charge in [0, 0.05) is 41.8 Å². The highest BCUT2D eigenvalue weighted by molar-refractivity contribution is 5.82. The first-order chi connectivity index (χ1) is 9.47. The molecule has 0 spiro atoms. The summed E-state index contributed by atoms with van der Waals surface area (Å²) in [5.41, 5.74) is 2.79. The van der Waals surface area contributed by atoms with Gasteiger partial charge in [0.2, 0.25) is 0 Å². The summed E-state index contributed by atoms with van der Waals surface area (Å²) < 4.78 is 2.16. The number of aliphatic imine (C=N–C) groups is 1. The fourth-order valence-corrected chi connectivity index (χ4v) is 2.08. The second-order valence-electron chi connectivity index (χ2n) is 4.95. The Morgan fingerprint density at radius 1 is 1.35 bits per heavy atom. The molecule has 0 aliphatic heterocycles. The van der Waals surface area contributed by atoms with Crippen LogP contribution in [-0.2, 0) is 0 Å². The lowest BCUT2D eigenvalue weighted by molar-refractivity contribution is -0.384. The van der Waals surface area contributed by atoms with Gasteiger partial charge in [0.15, 0.2) is 0 Å². The van der Waals surface area contributed by atoms with Crippen molar-refractivity contribution in [3.63, 3.8) is 0 Å². The summed E-state index contributed by atoms with van der Waals surface area (Å²) in [6, 6.07) is 8.74. The Bertz CT molecular complexity index is 657. The zero-order valence-corrected chi connectivity index (χ0v) is 11.8. The molecule has 2 rings (SSSR count). The number of benzene rings is 1. The molecule has 0 aliphatic rings. The van der Waals surface area contributed by atoms with Gasteiger partial charge in [-0.25, -0.2) is 0 Å². The highest BCUT2D eigenvalue weighted by Crippen LogP contribution is 2.20. The Balaban J connectivity index is 2.23. The summed E-state index contributed by atoms with van der Waals surface area (Å²) in [7, 11) is 0. The van der Waals surface area contributed by atoms with Crippen LogP contribution in [0.25, 0.3) is 0 Å². The van der Waals surface area contributed by atoms with Gasteiger partial charge in [0.25, 0.3) is 5.69 Å². The Kier molecular flexibility index (Phi) is 3.98. The molecular formula is C15H17N3O2. The van der Waals surface area contributed by atoms with Gasteiger partial charge < -0.3 is 4.57 Å². The van der Waals surface area contributed by atoms with Crippen molar-refractivity contribution in [2.24, 2.45) is 4.99 Å². The van der Waals surface area contributed by atoms with Crippen LogP contribution in [0.2, 0.25) is 0 Å². The molecule has 0 saturated heterocycles. The third-order valence-corrected chi connectivity index (χ3v) is 3.03. The molecule has 1 aromatic heterocycles. The van der Waals surface area contributed by atoms with E-state index in [1.807, 2.05) is 19.2 Å². The Morgan fingerprint density at radius 3 is 2.70 bits per heavy atom. The molecule has 20 heavy (non-hydrogen) atoms. The standard InChI is InChI=1S/C15H17N3O2/c1-11(2)17-10-13(7-12(17)3)9-16-14-5-4-6-15(8-14)18(19)20/h4-11H,1-3H3. The monoisotopic (exact) mass is 271 g/mol. The van der Waals surface area contributed by atoms with Gasteiger partial charge >= 0.3 is 0 Å². The number of aryl methyl sites for hydroxylation is 1. The zero-order chi connectivity index (χ0) is 14.7. The Labute approximate surface area is 117 Å². The van der Waals surface area contributed by atoms with E-state index in [2.05, 4.69) is 23.4 Å². The summed E-state index contributed by atoms with van der Waals surface area (Å²) in [5, 5.41) is 10.7. The second-order valence-corrected chi connectivity index (χ2v) is 4.95. The van der Waals surface area contributed by atoms with Crippen LogP contribution in [0.1, 0.15) is 31.1 Å². The molecule has 5 heteroatoms. The van der Waals surface area contributed by atoms with Crippen molar-refractivity contribution in [2.75, 3.05) is 0 Å². The van der Waals surface area contributed by atoms with Gasteiger partial charge in [-0.15, -0.1) is 0 Å². The normalized spacial score (nSPS) is 11.4. The van der Waals surface area contributed by atoms with Crippen molar-refractivity contribution < 1.29 is 4.92 Å². The van der Waals surface area contributed by atoms with Crippen LogP contribution >= 0.6 is 0 Å². The number of nitrogens with zero attached hydrogens (tertiary/aromatic N) is 3. The molecule has 0 N–H and O–H groups in total. The summed E-state index contributed by atoms with van der Waals surface area (Å²) in [4.78, 5) is 14.6. The molecule has 0 radical (unpaired) electrons. The first-order valence-corrected chi connectivity index (χ1v) is 6.44. The minimum absolute atomic E-state index is 0.0515. The van der Waals surface area contributed by atoms with E-state index in [1.54, 1.807) is 18.3 Å². The van der Waals surface area contributed by atoms with Crippen molar-refractivity contribution in [3.05, 3.63) is 57.9 Å². The highest BCUT2D eigenvalue weighted by atomic mass is 16.6. The van der Waals surface area contributed by atoms with E-state index < -0.39 is 4.92 Å². The predicted octanol–water partition coefficient (Wildman–Crippen LogP) is 4.04. The first kappa shape index (κ1) is 14.0. The average molecular weight is 271 g/mol. The number of hydrogen-bond donors (Lipinski definition) is 0. The molecule has 0 atom stereocenters. The molecule has 0 fully saturated rings. The molecule has 2 aromatic rings. The molecule has 5 nitrogen and oxygen atoms in total. The maximum Gasteiger partial charge on any atom is 0.271 e. The maximum atomic E-state index is 10.7. The third kappa shape index (κ3) is 3.12. The summed E-state index contributed by atoms with van der Waals surface area (Å²) in [6.07, 6.45) is 3.76. The Morgan fingerprint density at radius 2 is 2.10 bits per heavy atom. The van der Waals surface area contributed by atoms with Crippen molar-refractivity contribution in [1.82, 2.24) is 4.57 Å². The number of nitro benzene ring substituents is 1. The van der Waals surface area contributed by atoms with Crippen LogP contribution in [0.5, 0.6) is 0 Å². The smallest absolute Gasteiger partial charge is 0.271 e. The number of aromatic nitrogens is 1. The van der Waals surface area contributed by atoms with E-state index in [4.69, 9.17) is 0 Å². The number of rotatable bonds is 4. The quantitative estimate of drug-likeness (QED) is 0.478. The van der Waals surface area contributed by atoms with Gasteiger partial charge in [0.1, 0.15) is 0 Å². The topological polar surface area (TPSA) is 60.4 Å². The summed E-state index contributed by atoms with van der Waals surface area (Å²) in [5.74, 6) is 0. The van der Waals surface area contributed by atoms with Crippen LogP contribution in [0.15, 0.2) is 41.5 Å². The molecule has 0 amide bonds. The highest BCUT2D eigenvalue weighted by Gasteiger charge is 2.05. The predicted molar refractivity (Wildman–Crippen MR) is 79.9 cm³/mol. The number of nitro groups is 1. The number of non-ortho nitro benzene ring substituents is 1. The summed E-state index contributed by atoms with van der Waals surface area (Å²) >= 11 is 0. The fraction of sp³-hybridized carbons (Fsp3) is 0.267. The SMILES string of the molecule is Cc1cc(C=Nc2cccc([N+](=O)[O-])c2)cn1C(C)C. The fourth-order valence-electron chi connectivity index (χ4n) is 2.08. The van der Waals surface area contributed by atoms with E-state index in [-0.39, 0.29) is 5.69 Å². The van der Waals surface area contributed by atoms with Crippen LogP contribution in [0, 0.1) is 17.0 Å². The van der Waals surface area contributed by atoms with Crippen molar-refractivity contribution in [2.45, 2.75) is 26.8 Å². The van der Waals surface area contributed by atoms with E-state index in [1.165, 1.54) is 17.8 Å². The maximum absolute atomic E-state index is 10.7. The van der Waals surface area contributed by atoms with Crippen LogP contribution < -0.4 is 0 Å². The summed E-state index contributed by atoms with van der Waals surface area (Å²) in [6.45, 7) is 6.29. The van der Waals surface area contributed by atoms with Gasteiger partial charge in [-0.1, -0.05) is 6.07 Å². The van der Waals surface area contributed by atoms with Crippen LogP contribution in [0.3, 0.4) is 0 Å². The molecule has 0 bridgehead atoms. The third-order valence-electron chi connectivity index (χ3n) is 3.03. The lowest BCUT2D eigenvalue weighted by atomic mass is 10.3. The van der Waals surface area contributed by atoms with E-state index in [0.29, 0.717) is 11.7 Å². The van der Waals surface area contributed by atoms with Gasteiger partial charge in [-0.05, 0) is 32.9 Å². The van der Waals surface area contributed by atoms with Crippen molar-refractivity contribution in [3.8, 4) is 0 Å². The zero-order valence-electron chi connectivity index (χ0n) is 11.8. The lowest BCUT2D eigenvalue weighted by Gasteiger charge is -2.08. The average Bonchev–Trinajstić information content (AvgIpc) is 2.78. The van der Waals surface area contributed by atoms with E-state index >= 15 is 0 Å². The van der Waals surface area contributed by atoms with Crippen molar-refractivity contribution >= 4 is 17.6 Å². The molecule has 0 saturated carbocycles. The molecule has 0 unspecified atom stereocenters. The van der Waals surface area contributed by atoms with Gasteiger partial charge in [-0.2, -0.15) is 0 Å². The Hall–Kier alpha value is -2.43. The molecule has 1 heterocycles. The molecule has 104 valence electrons. The minimum Gasteiger partial charge on any atom is -0.349 e. The molecular weight excluding hydrogens is 254 g/mol. The van der Waals surface area contributed by atoms with Crippen LogP contribution in [-0.4, -0.2) is 15.7 Å². The second kappa shape index (κ2) is 5.69. The molecule has 0 aliphatic carbocycles. The van der Waals surface area contributed by atoms with E-state index in [0.717, 1.165) is 5.56 Å². The van der Waals surface area contributed by atoms with E-state index in [9.17, 15) is 10.1 Å². The largest absolute Gasteiger partial charge is 0.349 e. The number of hydrogen-bond acceptors (Lipinski definition) is 3. The van der Waals surface area contributed by atoms with Gasteiger partial charge in [0.05, 0.1) is 10.6 Å².